The molecular weight excluding hydrogens is 387 g/mol. The van der Waals surface area contributed by atoms with Gasteiger partial charge in [0.1, 0.15) is 5.82 Å². The first-order valence-corrected chi connectivity index (χ1v) is 7.36. The third-order valence-electron chi connectivity index (χ3n) is 3.11. The second-order valence-corrected chi connectivity index (χ2v) is 5.66. The van der Waals surface area contributed by atoms with Gasteiger partial charge in [0.25, 0.3) is 11.8 Å². The van der Waals surface area contributed by atoms with Crippen LogP contribution >= 0.6 is 15.9 Å². The van der Waals surface area contributed by atoms with Gasteiger partial charge in [-0.15, -0.1) is 0 Å². The van der Waals surface area contributed by atoms with Crippen molar-refractivity contribution >= 4 is 45.2 Å². The Bertz CT molecular complexity index is 850. The average Bonchev–Trinajstić information content (AvgIpc) is 2.88. The van der Waals surface area contributed by atoms with E-state index in [2.05, 4.69) is 42.1 Å². The zero-order valence-electron chi connectivity index (χ0n) is 12.8. The van der Waals surface area contributed by atoms with Gasteiger partial charge in [0.2, 0.25) is 11.7 Å². The number of amides is 2. The lowest BCUT2D eigenvalue weighted by molar-refractivity contribution is -0.133. The van der Waals surface area contributed by atoms with E-state index in [1.807, 2.05) is 0 Å². The molecule has 126 valence electrons. The predicted octanol–water partition coefficient (Wildman–Crippen LogP) is 1.20. The third kappa shape index (κ3) is 3.45. The van der Waals surface area contributed by atoms with E-state index in [0.717, 1.165) is 13.0 Å². The molecule has 1 aromatic carbocycles. The fourth-order valence-corrected chi connectivity index (χ4v) is 2.47. The van der Waals surface area contributed by atoms with Crippen molar-refractivity contribution in [3.05, 3.63) is 27.5 Å². The summed E-state index contributed by atoms with van der Waals surface area (Å²) in [6, 6.07) is 1.02. The minimum absolute atomic E-state index is 0.0241. The number of carbonyl (C=O) groups is 3. The van der Waals surface area contributed by atoms with Crippen molar-refractivity contribution in [2.24, 2.45) is 7.05 Å². The van der Waals surface area contributed by atoms with Crippen LogP contribution in [0.4, 0.5) is 16.0 Å². The van der Waals surface area contributed by atoms with Crippen LogP contribution in [-0.2, 0) is 16.6 Å². The molecule has 2 rings (SSSR count). The van der Waals surface area contributed by atoms with Gasteiger partial charge in [-0.05, 0) is 44.9 Å². The molecule has 2 amide bonds. The minimum Gasteiger partial charge on any atom is -0.318 e. The van der Waals surface area contributed by atoms with Crippen molar-refractivity contribution in [2.75, 3.05) is 10.6 Å². The Morgan fingerprint density at radius 2 is 1.96 bits per heavy atom. The first kappa shape index (κ1) is 17.7. The Balaban J connectivity index is 2.42. The van der Waals surface area contributed by atoms with Gasteiger partial charge in [-0.3, -0.25) is 19.7 Å². The highest BCUT2D eigenvalue weighted by Gasteiger charge is 2.23. The molecule has 0 unspecified atom stereocenters. The summed E-state index contributed by atoms with van der Waals surface area (Å²) in [6.07, 6.45) is 0. The van der Waals surface area contributed by atoms with Gasteiger partial charge in [0.05, 0.1) is 11.3 Å². The van der Waals surface area contributed by atoms with Crippen LogP contribution in [0, 0.1) is 12.7 Å². The van der Waals surface area contributed by atoms with Crippen molar-refractivity contribution in [1.29, 1.82) is 0 Å². The smallest absolute Gasteiger partial charge is 0.291 e. The molecule has 0 aliphatic carbocycles. The van der Waals surface area contributed by atoms with Crippen molar-refractivity contribution < 1.29 is 18.8 Å². The second-order valence-electron chi connectivity index (χ2n) is 4.81. The first-order chi connectivity index (χ1) is 11.2. The van der Waals surface area contributed by atoms with Gasteiger partial charge >= 0.3 is 0 Å². The number of aromatic nitrogens is 4. The summed E-state index contributed by atoms with van der Waals surface area (Å²) in [7, 11) is 1.50. The quantitative estimate of drug-likeness (QED) is 0.746. The highest BCUT2D eigenvalue weighted by molar-refractivity contribution is 9.10. The second kappa shape index (κ2) is 6.83. The molecule has 1 heterocycles. The summed E-state index contributed by atoms with van der Waals surface area (Å²) in [5.74, 6) is -3.19. The van der Waals surface area contributed by atoms with E-state index in [4.69, 9.17) is 0 Å². The summed E-state index contributed by atoms with van der Waals surface area (Å²) in [5.41, 5.74) is -0.0398. The van der Waals surface area contributed by atoms with Gasteiger partial charge in [0.15, 0.2) is 0 Å². The number of ketones is 1. The summed E-state index contributed by atoms with van der Waals surface area (Å²) in [4.78, 5) is 35.0. The number of nitrogens with one attached hydrogen (secondary N) is 2. The van der Waals surface area contributed by atoms with Crippen LogP contribution in [0.5, 0.6) is 0 Å². The Labute approximate surface area is 143 Å². The zero-order valence-corrected chi connectivity index (χ0v) is 14.4. The molecule has 0 aliphatic rings. The van der Waals surface area contributed by atoms with Crippen molar-refractivity contribution in [3.8, 4) is 0 Å². The van der Waals surface area contributed by atoms with Gasteiger partial charge in [-0.1, -0.05) is 5.10 Å². The van der Waals surface area contributed by atoms with Gasteiger partial charge in [0, 0.05) is 18.4 Å². The zero-order chi connectivity index (χ0) is 18.0. The van der Waals surface area contributed by atoms with Crippen molar-refractivity contribution in [3.63, 3.8) is 0 Å². The van der Waals surface area contributed by atoms with Crippen LogP contribution < -0.4 is 10.6 Å². The normalized spacial score (nSPS) is 10.4. The van der Waals surface area contributed by atoms with Gasteiger partial charge in [-0.25, -0.2) is 9.07 Å². The maximum atomic E-state index is 14.2. The average molecular weight is 399 g/mol. The number of halogens is 2. The van der Waals surface area contributed by atoms with E-state index in [9.17, 15) is 18.8 Å². The number of anilines is 2. The Morgan fingerprint density at radius 3 is 2.50 bits per heavy atom. The monoisotopic (exact) mass is 398 g/mol. The topological polar surface area (TPSA) is 119 Å². The third-order valence-corrected chi connectivity index (χ3v) is 3.74. The fraction of sp³-hybridized carbons (Fsp3) is 0.231. The SMILES string of the molecule is CC(=O)C(=O)Nc1c(Br)cc(F)c(C(=O)Nc2nnnn2C)c1C. The molecule has 0 bridgehead atoms. The maximum Gasteiger partial charge on any atom is 0.291 e. The minimum atomic E-state index is -0.880. The number of hydrogen-bond acceptors (Lipinski definition) is 6. The van der Waals surface area contributed by atoms with Crippen molar-refractivity contribution in [1.82, 2.24) is 20.2 Å². The molecule has 24 heavy (non-hydrogen) atoms. The van der Waals surface area contributed by atoms with Crippen LogP contribution in [0.2, 0.25) is 0 Å². The largest absolute Gasteiger partial charge is 0.318 e. The summed E-state index contributed by atoms with van der Waals surface area (Å²) < 4.78 is 15.6. The maximum absolute atomic E-state index is 14.2. The molecule has 0 fully saturated rings. The number of carbonyl (C=O) groups excluding carboxylic acids is 3. The standard InChI is InChI=1S/C13H12BrFN6O3/c1-5-9(12(24)17-13-18-19-20-21(13)3)8(15)4-7(14)10(5)16-11(23)6(2)22/h4H,1-3H3,(H,16,23)(H,17,18,20,24). The Hall–Kier alpha value is -2.69. The van der Waals surface area contributed by atoms with Gasteiger partial charge in [-0.2, -0.15) is 0 Å². The van der Waals surface area contributed by atoms with Gasteiger partial charge < -0.3 is 5.32 Å². The molecule has 1 aromatic heterocycles. The first-order valence-electron chi connectivity index (χ1n) is 6.56. The summed E-state index contributed by atoms with van der Waals surface area (Å²) in [5, 5.41) is 15.2. The number of tetrazole rings is 1. The van der Waals surface area contributed by atoms with Crippen molar-refractivity contribution in [2.45, 2.75) is 13.8 Å². The summed E-state index contributed by atoms with van der Waals surface area (Å²) >= 11 is 3.10. The van der Waals surface area contributed by atoms with Crippen LogP contribution in [0.1, 0.15) is 22.8 Å². The highest BCUT2D eigenvalue weighted by atomic mass is 79.9. The molecule has 11 heteroatoms. The lowest BCUT2D eigenvalue weighted by Crippen LogP contribution is -2.23. The van der Waals surface area contributed by atoms with Crippen LogP contribution in [-0.4, -0.2) is 37.8 Å². The molecule has 2 N–H and O–H groups in total. The number of benzene rings is 1. The van der Waals surface area contributed by atoms with E-state index < -0.39 is 23.4 Å². The predicted molar refractivity (Wildman–Crippen MR) is 84.9 cm³/mol. The molecule has 0 spiro atoms. The highest BCUT2D eigenvalue weighted by Crippen LogP contribution is 2.31. The van der Waals surface area contributed by atoms with Crippen LogP contribution in [0.15, 0.2) is 10.5 Å². The lowest BCUT2D eigenvalue weighted by Gasteiger charge is -2.14. The van der Waals surface area contributed by atoms with Crippen LogP contribution in [0.3, 0.4) is 0 Å². The van der Waals surface area contributed by atoms with E-state index in [1.165, 1.54) is 18.7 Å². The lowest BCUT2D eigenvalue weighted by atomic mass is 10.0. The molecular formula is C13H12BrFN6O3. The van der Waals surface area contributed by atoms with E-state index in [0.29, 0.717) is 0 Å². The molecule has 0 saturated carbocycles. The molecule has 2 aromatic rings. The molecule has 0 radical (unpaired) electrons. The van der Waals surface area contributed by atoms with E-state index in [1.54, 1.807) is 0 Å². The molecule has 0 aliphatic heterocycles. The fourth-order valence-electron chi connectivity index (χ4n) is 1.87. The van der Waals surface area contributed by atoms with E-state index in [-0.39, 0.29) is 27.2 Å². The van der Waals surface area contributed by atoms with E-state index >= 15 is 0 Å². The number of nitrogens with zero attached hydrogens (tertiary/aromatic N) is 4. The summed E-state index contributed by atoms with van der Waals surface area (Å²) in [6.45, 7) is 2.53. The number of aryl methyl sites for hydroxylation is 1. The molecule has 9 nitrogen and oxygen atoms in total. The number of Topliss-reactive ketones (excluding diaryl/α,β-unsaturated/α-hetero) is 1. The Kier molecular flexibility index (Phi) is 5.02. The molecule has 0 atom stereocenters. The number of rotatable bonds is 4. The van der Waals surface area contributed by atoms with Crippen LogP contribution in [0.25, 0.3) is 0 Å². The Morgan fingerprint density at radius 1 is 1.29 bits per heavy atom. The number of hydrogen-bond donors (Lipinski definition) is 2. The molecule has 0 saturated heterocycles.